The molecule has 1 aromatic rings. The number of carbonyl (C=O) groups is 2. The molecule has 6 nitrogen and oxygen atoms in total. The third kappa shape index (κ3) is 3.40. The number of allylic oxidation sites excluding steroid dienone is 1. The summed E-state index contributed by atoms with van der Waals surface area (Å²) in [6, 6.07) is 0.0999. The van der Waals surface area contributed by atoms with Crippen LogP contribution in [0.2, 0.25) is 0 Å². The molecular weight excluding hydrogens is 256 g/mol. The van der Waals surface area contributed by atoms with Crippen LogP contribution in [0.5, 0.6) is 0 Å². The second-order valence-electron chi connectivity index (χ2n) is 4.86. The Balaban J connectivity index is 1.99. The molecule has 1 aliphatic rings. The van der Waals surface area contributed by atoms with Crippen LogP contribution >= 0.6 is 0 Å². The van der Waals surface area contributed by atoms with Crippen molar-refractivity contribution in [2.45, 2.75) is 38.1 Å². The van der Waals surface area contributed by atoms with E-state index in [2.05, 4.69) is 21.9 Å². The smallest absolute Gasteiger partial charge is 0.286 e. The lowest BCUT2D eigenvalue weighted by Gasteiger charge is -2.24. The molecule has 106 valence electrons. The zero-order chi connectivity index (χ0) is 14.5. The first kappa shape index (κ1) is 14.2. The van der Waals surface area contributed by atoms with Crippen LogP contribution in [0.3, 0.4) is 0 Å². The van der Waals surface area contributed by atoms with Gasteiger partial charge >= 0.3 is 0 Å². The highest BCUT2D eigenvalue weighted by Crippen LogP contribution is 2.19. The third-order valence-corrected chi connectivity index (χ3v) is 3.31. The number of nitrogens with two attached hydrogens (primary N) is 1. The van der Waals surface area contributed by atoms with E-state index in [0.29, 0.717) is 25.7 Å². The number of fused-ring (bicyclic) bond motifs is 1. The Kier molecular flexibility index (Phi) is 4.45. The Bertz CT molecular complexity index is 542. The van der Waals surface area contributed by atoms with Crippen LogP contribution in [-0.4, -0.2) is 27.8 Å². The normalized spacial score (nSPS) is 17.1. The maximum absolute atomic E-state index is 11.7. The second kappa shape index (κ2) is 6.27. The van der Waals surface area contributed by atoms with Crippen LogP contribution in [0.4, 0.5) is 0 Å². The third-order valence-electron chi connectivity index (χ3n) is 3.31. The van der Waals surface area contributed by atoms with Crippen LogP contribution < -0.4 is 11.1 Å². The molecule has 0 fully saturated rings. The fourth-order valence-corrected chi connectivity index (χ4v) is 2.28. The van der Waals surface area contributed by atoms with Gasteiger partial charge < -0.3 is 11.1 Å². The van der Waals surface area contributed by atoms with E-state index in [9.17, 15) is 9.59 Å². The van der Waals surface area contributed by atoms with Crippen molar-refractivity contribution in [2.24, 2.45) is 5.73 Å². The van der Waals surface area contributed by atoms with E-state index in [1.54, 1.807) is 12.3 Å². The van der Waals surface area contributed by atoms with Gasteiger partial charge in [-0.05, 0) is 31.2 Å². The van der Waals surface area contributed by atoms with E-state index < -0.39 is 5.91 Å². The van der Waals surface area contributed by atoms with Crippen LogP contribution in [-0.2, 0) is 17.6 Å². The van der Waals surface area contributed by atoms with Crippen molar-refractivity contribution in [2.75, 3.05) is 0 Å². The van der Waals surface area contributed by atoms with Crippen molar-refractivity contribution in [3.05, 3.63) is 35.9 Å². The van der Waals surface area contributed by atoms with Crippen LogP contribution in [0.1, 0.15) is 41.1 Å². The van der Waals surface area contributed by atoms with E-state index in [-0.39, 0.29) is 17.8 Å². The minimum Gasteiger partial charge on any atom is -0.363 e. The Morgan fingerprint density at radius 1 is 1.55 bits per heavy atom. The first-order valence-corrected chi connectivity index (χ1v) is 6.65. The molecule has 1 unspecified atom stereocenters. The van der Waals surface area contributed by atoms with Gasteiger partial charge in [-0.1, -0.05) is 6.08 Å². The molecule has 0 saturated heterocycles. The number of aryl methyl sites for hydroxylation is 1. The van der Waals surface area contributed by atoms with Gasteiger partial charge in [0, 0.05) is 24.4 Å². The van der Waals surface area contributed by atoms with Gasteiger partial charge in [0.25, 0.3) is 5.91 Å². The van der Waals surface area contributed by atoms with Crippen molar-refractivity contribution in [3.8, 4) is 0 Å². The van der Waals surface area contributed by atoms with Gasteiger partial charge in [0.1, 0.15) is 0 Å². The van der Waals surface area contributed by atoms with Crippen LogP contribution in [0, 0.1) is 0 Å². The largest absolute Gasteiger partial charge is 0.363 e. The van der Waals surface area contributed by atoms with Crippen LogP contribution in [0.25, 0.3) is 0 Å². The monoisotopic (exact) mass is 274 g/mol. The molecule has 1 aromatic heterocycles. The lowest BCUT2D eigenvalue weighted by Crippen LogP contribution is -2.39. The lowest BCUT2D eigenvalue weighted by molar-refractivity contribution is -0.121. The van der Waals surface area contributed by atoms with E-state index in [1.807, 2.05) is 0 Å². The van der Waals surface area contributed by atoms with E-state index in [4.69, 9.17) is 5.73 Å². The number of hydrogen-bond donors (Lipinski definition) is 2. The highest BCUT2D eigenvalue weighted by Gasteiger charge is 2.22. The summed E-state index contributed by atoms with van der Waals surface area (Å²) in [7, 11) is 0. The van der Waals surface area contributed by atoms with Crippen molar-refractivity contribution in [1.82, 2.24) is 15.3 Å². The van der Waals surface area contributed by atoms with Crippen molar-refractivity contribution in [3.63, 3.8) is 0 Å². The Morgan fingerprint density at radius 3 is 3.05 bits per heavy atom. The Morgan fingerprint density at radius 2 is 2.35 bits per heavy atom. The molecule has 6 heteroatoms. The molecular formula is C14H18N4O2. The number of amides is 2. The summed E-state index contributed by atoms with van der Waals surface area (Å²) in [6.07, 6.45) is 6.71. The van der Waals surface area contributed by atoms with Gasteiger partial charge in [-0.2, -0.15) is 0 Å². The number of rotatable bonds is 5. The topological polar surface area (TPSA) is 98.0 Å². The molecule has 0 radical (unpaired) electrons. The maximum atomic E-state index is 11.7. The predicted octanol–water partition coefficient (Wildman–Crippen LogP) is 0.515. The molecule has 0 spiro atoms. The SMILES string of the molecule is C=CCCC(=O)NC1CCc2nc(C(N)=O)ncc2C1. The second-order valence-corrected chi connectivity index (χ2v) is 4.86. The maximum Gasteiger partial charge on any atom is 0.286 e. The predicted molar refractivity (Wildman–Crippen MR) is 73.9 cm³/mol. The lowest BCUT2D eigenvalue weighted by atomic mass is 9.92. The van der Waals surface area contributed by atoms with Gasteiger partial charge in [-0.25, -0.2) is 9.97 Å². The van der Waals surface area contributed by atoms with Gasteiger partial charge in [0.2, 0.25) is 11.7 Å². The summed E-state index contributed by atoms with van der Waals surface area (Å²) in [4.78, 5) is 30.8. The quantitative estimate of drug-likeness (QED) is 0.764. The fourth-order valence-electron chi connectivity index (χ4n) is 2.28. The molecule has 0 aromatic carbocycles. The summed E-state index contributed by atoms with van der Waals surface area (Å²) in [5.41, 5.74) is 6.98. The van der Waals surface area contributed by atoms with E-state index in [1.165, 1.54) is 0 Å². The number of aromatic nitrogens is 2. The molecule has 3 N–H and O–H groups in total. The molecule has 1 atom stereocenters. The average molecular weight is 274 g/mol. The zero-order valence-corrected chi connectivity index (χ0v) is 11.3. The molecule has 1 heterocycles. The minimum absolute atomic E-state index is 0.0352. The highest BCUT2D eigenvalue weighted by atomic mass is 16.2. The van der Waals surface area contributed by atoms with Crippen molar-refractivity contribution < 1.29 is 9.59 Å². The van der Waals surface area contributed by atoms with Gasteiger partial charge in [0.05, 0.1) is 0 Å². The average Bonchev–Trinajstić information content (AvgIpc) is 2.44. The first-order valence-electron chi connectivity index (χ1n) is 6.65. The highest BCUT2D eigenvalue weighted by molar-refractivity contribution is 5.88. The summed E-state index contributed by atoms with van der Waals surface area (Å²) >= 11 is 0. The zero-order valence-electron chi connectivity index (χ0n) is 11.3. The molecule has 0 saturated carbocycles. The Hall–Kier alpha value is -2.24. The first-order chi connectivity index (χ1) is 9.60. The minimum atomic E-state index is -0.618. The van der Waals surface area contributed by atoms with Crippen molar-refractivity contribution in [1.29, 1.82) is 0 Å². The van der Waals surface area contributed by atoms with Crippen LogP contribution in [0.15, 0.2) is 18.9 Å². The fraction of sp³-hybridized carbons (Fsp3) is 0.429. The van der Waals surface area contributed by atoms with Gasteiger partial charge in [0.15, 0.2) is 0 Å². The summed E-state index contributed by atoms with van der Waals surface area (Å²) in [6.45, 7) is 3.60. The van der Waals surface area contributed by atoms with Gasteiger partial charge in [-0.3, -0.25) is 9.59 Å². The van der Waals surface area contributed by atoms with E-state index >= 15 is 0 Å². The number of primary amides is 1. The number of hydrogen-bond acceptors (Lipinski definition) is 4. The summed E-state index contributed by atoms with van der Waals surface area (Å²) in [5, 5.41) is 3.00. The summed E-state index contributed by atoms with van der Waals surface area (Å²) < 4.78 is 0. The number of nitrogens with zero attached hydrogens (tertiary/aromatic N) is 2. The van der Waals surface area contributed by atoms with E-state index in [0.717, 1.165) is 17.7 Å². The Labute approximate surface area is 117 Å². The number of nitrogens with one attached hydrogen (secondary N) is 1. The molecule has 0 bridgehead atoms. The molecule has 2 rings (SSSR count). The molecule has 1 aliphatic carbocycles. The molecule has 0 aliphatic heterocycles. The molecule has 20 heavy (non-hydrogen) atoms. The van der Waals surface area contributed by atoms with Crippen molar-refractivity contribution >= 4 is 11.8 Å². The molecule has 2 amide bonds. The number of carbonyl (C=O) groups excluding carboxylic acids is 2. The summed E-state index contributed by atoms with van der Waals surface area (Å²) in [5.74, 6) is -0.530. The standard InChI is InChI=1S/C14H18N4O2/c1-2-3-4-12(19)17-10-5-6-11-9(7-10)8-16-14(18-11)13(15)20/h2,8,10H,1,3-7H2,(H2,15,20)(H,17,19). The van der Waals surface area contributed by atoms with Gasteiger partial charge in [-0.15, -0.1) is 6.58 Å².